The number of benzene rings is 1. The summed E-state index contributed by atoms with van der Waals surface area (Å²) in [5, 5.41) is 11.5. The number of allylic oxidation sites excluding steroid dienone is 1. The fourth-order valence-corrected chi connectivity index (χ4v) is 3.15. The quantitative estimate of drug-likeness (QED) is 0.613. The maximum absolute atomic E-state index is 12.1. The minimum Gasteiger partial charge on any atom is -0.480 e. The number of nitrogens with one attached hydrogen (secondary N) is 2. The highest BCUT2D eigenvalue weighted by atomic mass is 32.2. The van der Waals surface area contributed by atoms with Crippen LogP contribution in [-0.4, -0.2) is 37.5 Å². The zero-order valence-corrected chi connectivity index (χ0v) is 14.6. The average Bonchev–Trinajstić information content (AvgIpc) is 2.49. The van der Waals surface area contributed by atoms with Gasteiger partial charge in [-0.3, -0.25) is 4.79 Å². The molecule has 1 unspecified atom stereocenters. The van der Waals surface area contributed by atoms with E-state index in [1.54, 1.807) is 32.9 Å². The molecule has 132 valence electrons. The smallest absolute Gasteiger partial charge is 0.326 e. The van der Waals surface area contributed by atoms with E-state index >= 15 is 0 Å². The third kappa shape index (κ3) is 5.78. The first kappa shape index (κ1) is 19.9. The van der Waals surface area contributed by atoms with Gasteiger partial charge in [-0.2, -0.15) is 0 Å². The van der Waals surface area contributed by atoms with Crippen molar-refractivity contribution in [3.63, 3.8) is 0 Å². The molecule has 1 rings (SSSR count). The Morgan fingerprint density at radius 2 is 1.79 bits per heavy atom. The number of hydrogen-bond donors (Lipinski definition) is 3. The maximum atomic E-state index is 12.1. The Morgan fingerprint density at radius 3 is 2.25 bits per heavy atom. The highest BCUT2D eigenvalue weighted by Crippen LogP contribution is 2.11. The van der Waals surface area contributed by atoms with Crippen LogP contribution in [0.3, 0.4) is 0 Å². The molecule has 8 heteroatoms. The summed E-state index contributed by atoms with van der Waals surface area (Å²) in [4.78, 5) is 23.3. The van der Waals surface area contributed by atoms with E-state index in [2.05, 4.69) is 10.0 Å². The molecule has 0 heterocycles. The Hall–Kier alpha value is -2.19. The Kier molecular flexibility index (Phi) is 7.12. The van der Waals surface area contributed by atoms with Crippen LogP contribution in [-0.2, 0) is 14.8 Å². The number of rotatable bonds is 8. The van der Waals surface area contributed by atoms with Gasteiger partial charge in [0.1, 0.15) is 6.04 Å². The minimum absolute atomic E-state index is 0.0384. The lowest BCUT2D eigenvalue weighted by Gasteiger charge is -2.13. The zero-order valence-electron chi connectivity index (χ0n) is 13.8. The molecular formula is C16H22N2O5S. The number of carboxylic acids is 1. The summed E-state index contributed by atoms with van der Waals surface area (Å²) < 4.78 is 26.5. The van der Waals surface area contributed by atoms with E-state index in [0.717, 1.165) is 0 Å². The largest absolute Gasteiger partial charge is 0.480 e. The number of amides is 1. The molecule has 1 amide bonds. The van der Waals surface area contributed by atoms with Gasteiger partial charge in [0, 0.05) is 11.6 Å². The molecule has 0 bridgehead atoms. The molecule has 1 atom stereocenters. The normalized spacial score (nSPS) is 13.2. The van der Waals surface area contributed by atoms with Gasteiger partial charge in [0.15, 0.2) is 0 Å². The van der Waals surface area contributed by atoms with E-state index in [0.29, 0.717) is 0 Å². The van der Waals surface area contributed by atoms with Gasteiger partial charge in [-0.25, -0.2) is 17.9 Å². The van der Waals surface area contributed by atoms with Crippen molar-refractivity contribution in [2.75, 3.05) is 0 Å². The van der Waals surface area contributed by atoms with Crippen molar-refractivity contribution in [3.8, 4) is 0 Å². The molecule has 0 aromatic heterocycles. The van der Waals surface area contributed by atoms with Crippen LogP contribution in [0.1, 0.15) is 37.6 Å². The van der Waals surface area contributed by atoms with Crippen LogP contribution in [0.4, 0.5) is 0 Å². The Balaban J connectivity index is 2.88. The number of hydrogen-bond acceptors (Lipinski definition) is 4. The molecule has 0 aliphatic heterocycles. The molecule has 0 aliphatic rings. The highest BCUT2D eigenvalue weighted by Gasteiger charge is 2.20. The third-order valence-electron chi connectivity index (χ3n) is 3.03. The molecule has 1 aromatic rings. The molecule has 3 N–H and O–H groups in total. The van der Waals surface area contributed by atoms with E-state index in [-0.39, 0.29) is 22.9 Å². The third-order valence-corrected chi connectivity index (χ3v) is 4.70. The zero-order chi connectivity index (χ0) is 18.3. The van der Waals surface area contributed by atoms with Crippen LogP contribution >= 0.6 is 0 Å². The van der Waals surface area contributed by atoms with Crippen LogP contribution in [0.5, 0.6) is 0 Å². The van der Waals surface area contributed by atoms with Crippen molar-refractivity contribution in [2.24, 2.45) is 0 Å². The van der Waals surface area contributed by atoms with Crippen LogP contribution < -0.4 is 10.0 Å². The van der Waals surface area contributed by atoms with Gasteiger partial charge in [0.2, 0.25) is 10.0 Å². The highest BCUT2D eigenvalue weighted by molar-refractivity contribution is 7.89. The topological polar surface area (TPSA) is 113 Å². The van der Waals surface area contributed by atoms with E-state index in [9.17, 15) is 18.0 Å². The van der Waals surface area contributed by atoms with E-state index in [4.69, 9.17) is 5.11 Å². The summed E-state index contributed by atoms with van der Waals surface area (Å²) in [7, 11) is -3.64. The lowest BCUT2D eigenvalue weighted by Crippen LogP contribution is -2.40. The molecule has 0 radical (unpaired) electrons. The molecule has 0 spiro atoms. The first-order valence-corrected chi connectivity index (χ1v) is 8.93. The fourth-order valence-electron chi connectivity index (χ4n) is 1.90. The van der Waals surface area contributed by atoms with Gasteiger partial charge in [0.05, 0.1) is 4.90 Å². The summed E-state index contributed by atoms with van der Waals surface area (Å²) in [5.74, 6) is -1.71. The summed E-state index contributed by atoms with van der Waals surface area (Å²) in [6.45, 7) is 5.16. The van der Waals surface area contributed by atoms with Gasteiger partial charge >= 0.3 is 5.97 Å². The van der Waals surface area contributed by atoms with Crippen molar-refractivity contribution < 1.29 is 23.1 Å². The Labute approximate surface area is 141 Å². The first-order chi connectivity index (χ1) is 11.2. The average molecular weight is 354 g/mol. The number of sulfonamides is 1. The molecule has 0 saturated heterocycles. The van der Waals surface area contributed by atoms with E-state index < -0.39 is 27.9 Å². The molecule has 24 heavy (non-hydrogen) atoms. The fraction of sp³-hybridized carbons (Fsp3) is 0.375. The van der Waals surface area contributed by atoms with E-state index in [1.807, 2.05) is 0 Å². The lowest BCUT2D eigenvalue weighted by molar-refractivity contribution is -0.139. The molecule has 7 nitrogen and oxygen atoms in total. The monoisotopic (exact) mass is 354 g/mol. The van der Waals surface area contributed by atoms with Crippen LogP contribution in [0.15, 0.2) is 41.3 Å². The van der Waals surface area contributed by atoms with Gasteiger partial charge in [-0.15, -0.1) is 0 Å². The molecule has 0 aliphatic carbocycles. The predicted molar refractivity (Wildman–Crippen MR) is 90.2 cm³/mol. The summed E-state index contributed by atoms with van der Waals surface area (Å²) in [6, 6.07) is 4.01. The van der Waals surface area contributed by atoms with E-state index in [1.165, 1.54) is 24.3 Å². The molecule has 0 fully saturated rings. The second kappa shape index (κ2) is 8.60. The van der Waals surface area contributed by atoms with Crippen LogP contribution in [0, 0.1) is 0 Å². The number of aliphatic carboxylic acids is 1. The maximum Gasteiger partial charge on any atom is 0.326 e. The second-order valence-corrected chi connectivity index (χ2v) is 7.18. The van der Waals surface area contributed by atoms with Crippen molar-refractivity contribution in [1.29, 1.82) is 0 Å². The van der Waals surface area contributed by atoms with Gasteiger partial charge in [-0.05, 0) is 51.5 Å². The predicted octanol–water partition coefficient (Wildman–Crippen LogP) is 1.52. The van der Waals surface area contributed by atoms with Crippen molar-refractivity contribution in [3.05, 3.63) is 42.0 Å². The Bertz CT molecular complexity index is 708. The summed E-state index contributed by atoms with van der Waals surface area (Å²) >= 11 is 0. The standard InChI is InChI=1S/C16H22N2O5S/c1-4-5-6-14(16(20)21)17-15(19)12-7-9-13(10-8-12)24(22,23)18-11(2)3/h4-5,7-11,14,18H,6H2,1-3H3,(H,17,19)(H,20,21)/b5-4+. The van der Waals surface area contributed by atoms with Crippen molar-refractivity contribution >= 4 is 21.9 Å². The van der Waals surface area contributed by atoms with Crippen molar-refractivity contribution in [1.82, 2.24) is 10.0 Å². The van der Waals surface area contributed by atoms with Gasteiger partial charge < -0.3 is 10.4 Å². The second-order valence-electron chi connectivity index (χ2n) is 5.47. The first-order valence-electron chi connectivity index (χ1n) is 7.44. The Morgan fingerprint density at radius 1 is 1.21 bits per heavy atom. The minimum atomic E-state index is -3.64. The molecule has 1 aromatic carbocycles. The SMILES string of the molecule is C/C=C/CC(NC(=O)c1ccc(S(=O)(=O)NC(C)C)cc1)C(=O)O. The molecular weight excluding hydrogens is 332 g/mol. The number of carbonyl (C=O) groups excluding carboxylic acids is 1. The summed E-state index contributed by atoms with van der Waals surface area (Å²) in [5.41, 5.74) is 0.185. The lowest BCUT2D eigenvalue weighted by atomic mass is 10.1. The van der Waals surface area contributed by atoms with Crippen LogP contribution in [0.25, 0.3) is 0 Å². The molecule has 0 saturated carbocycles. The van der Waals surface area contributed by atoms with Gasteiger partial charge in [-0.1, -0.05) is 12.2 Å². The number of carboxylic acid groups (broad SMARTS) is 1. The number of carbonyl (C=O) groups is 2. The van der Waals surface area contributed by atoms with Gasteiger partial charge in [0.25, 0.3) is 5.91 Å². The summed E-state index contributed by atoms with van der Waals surface area (Å²) in [6.07, 6.45) is 3.51. The van der Waals surface area contributed by atoms with Crippen molar-refractivity contribution in [2.45, 2.75) is 44.2 Å². The van der Waals surface area contributed by atoms with Crippen LogP contribution in [0.2, 0.25) is 0 Å².